The van der Waals surface area contributed by atoms with Crippen LogP contribution in [0.25, 0.3) is 0 Å². The molecule has 3 nitrogen and oxygen atoms in total. The molecule has 1 rings (SSSR count). The Labute approximate surface area is 86.9 Å². The third-order valence-corrected chi connectivity index (χ3v) is 2.33. The summed E-state index contributed by atoms with van der Waals surface area (Å²) in [6.07, 6.45) is -0.996. The van der Waals surface area contributed by atoms with Crippen LogP contribution in [0, 0.1) is 5.92 Å². The van der Waals surface area contributed by atoms with E-state index >= 15 is 0 Å². The largest absolute Gasteiger partial charge is 0.481 e. The lowest BCUT2D eigenvalue weighted by atomic mass is 9.98. The van der Waals surface area contributed by atoms with Gasteiger partial charge in [-0.05, 0) is 24.6 Å². The fraction of sp³-hybridized carbons (Fsp3) is 0.300. The van der Waals surface area contributed by atoms with Crippen LogP contribution >= 0.6 is 11.6 Å². The van der Waals surface area contributed by atoms with E-state index in [0.29, 0.717) is 10.6 Å². The minimum absolute atomic E-state index is 0.559. The molecule has 0 fully saturated rings. The predicted molar refractivity (Wildman–Crippen MR) is 53.2 cm³/mol. The highest BCUT2D eigenvalue weighted by molar-refractivity contribution is 6.30. The number of carboxylic acids is 1. The molecule has 0 radical (unpaired) electrons. The molecule has 76 valence electrons. The summed E-state index contributed by atoms with van der Waals surface area (Å²) in [7, 11) is 0. The van der Waals surface area contributed by atoms with Gasteiger partial charge in [0.1, 0.15) is 0 Å². The maximum absolute atomic E-state index is 10.6. The highest BCUT2D eigenvalue weighted by Gasteiger charge is 2.22. The van der Waals surface area contributed by atoms with Gasteiger partial charge in [-0.3, -0.25) is 4.79 Å². The molecule has 0 aliphatic rings. The second-order valence-corrected chi connectivity index (χ2v) is 3.56. The number of benzene rings is 1. The number of rotatable bonds is 3. The summed E-state index contributed by atoms with van der Waals surface area (Å²) >= 11 is 5.66. The molecule has 4 heteroatoms. The molecule has 0 aliphatic heterocycles. The molecule has 0 heterocycles. The van der Waals surface area contributed by atoms with Crippen molar-refractivity contribution in [3.63, 3.8) is 0 Å². The number of aliphatic hydroxyl groups is 1. The van der Waals surface area contributed by atoms with Crippen LogP contribution in [0.3, 0.4) is 0 Å². The number of aliphatic hydroxyl groups excluding tert-OH is 1. The average Bonchev–Trinajstić information content (AvgIpc) is 2.16. The minimum Gasteiger partial charge on any atom is -0.481 e. The SMILES string of the molecule is C[C@H](C(=O)O)[C@H](O)c1ccc(Cl)cc1. The first-order valence-corrected chi connectivity index (χ1v) is 4.56. The van der Waals surface area contributed by atoms with E-state index in [1.54, 1.807) is 24.3 Å². The van der Waals surface area contributed by atoms with E-state index in [9.17, 15) is 9.90 Å². The van der Waals surface area contributed by atoms with Crippen LogP contribution in [0.4, 0.5) is 0 Å². The summed E-state index contributed by atoms with van der Waals surface area (Å²) in [6.45, 7) is 1.46. The Morgan fingerprint density at radius 3 is 2.29 bits per heavy atom. The van der Waals surface area contributed by atoms with Gasteiger partial charge < -0.3 is 10.2 Å². The van der Waals surface area contributed by atoms with Crippen molar-refractivity contribution in [1.82, 2.24) is 0 Å². The summed E-state index contributed by atoms with van der Waals surface area (Å²) in [6, 6.07) is 6.47. The van der Waals surface area contributed by atoms with Crippen molar-refractivity contribution in [3.05, 3.63) is 34.9 Å². The van der Waals surface area contributed by atoms with Crippen LogP contribution in [0.15, 0.2) is 24.3 Å². The van der Waals surface area contributed by atoms with Gasteiger partial charge in [-0.1, -0.05) is 23.7 Å². The zero-order valence-corrected chi connectivity index (χ0v) is 8.40. The maximum Gasteiger partial charge on any atom is 0.309 e. The van der Waals surface area contributed by atoms with Crippen LogP contribution in [0.2, 0.25) is 5.02 Å². The number of carboxylic acid groups (broad SMARTS) is 1. The second-order valence-electron chi connectivity index (χ2n) is 3.12. The standard InChI is InChI=1S/C10H11ClO3/c1-6(10(13)14)9(12)7-2-4-8(11)5-3-7/h2-6,9,12H,1H3,(H,13,14)/t6-,9-/m0/s1. The molecule has 0 spiro atoms. The van der Waals surface area contributed by atoms with Gasteiger partial charge in [0, 0.05) is 5.02 Å². The lowest BCUT2D eigenvalue weighted by molar-refractivity contribution is -0.145. The normalized spacial score (nSPS) is 14.8. The Balaban J connectivity index is 2.84. The first kappa shape index (κ1) is 11.0. The molecule has 0 aromatic heterocycles. The van der Waals surface area contributed by atoms with E-state index in [-0.39, 0.29) is 0 Å². The summed E-state index contributed by atoms with van der Waals surface area (Å²) in [5.41, 5.74) is 0.560. The molecule has 2 N–H and O–H groups in total. The van der Waals surface area contributed by atoms with Crippen molar-refractivity contribution < 1.29 is 15.0 Å². The molecular weight excluding hydrogens is 204 g/mol. The smallest absolute Gasteiger partial charge is 0.309 e. The molecule has 0 saturated carbocycles. The molecule has 0 unspecified atom stereocenters. The Morgan fingerprint density at radius 2 is 1.86 bits per heavy atom. The van der Waals surface area contributed by atoms with Crippen molar-refractivity contribution >= 4 is 17.6 Å². The number of hydrogen-bond acceptors (Lipinski definition) is 2. The van der Waals surface area contributed by atoms with Crippen molar-refractivity contribution in [3.8, 4) is 0 Å². The van der Waals surface area contributed by atoms with Gasteiger partial charge in [0.2, 0.25) is 0 Å². The van der Waals surface area contributed by atoms with Crippen molar-refractivity contribution in [2.45, 2.75) is 13.0 Å². The number of halogens is 1. The monoisotopic (exact) mass is 214 g/mol. The molecule has 0 bridgehead atoms. The van der Waals surface area contributed by atoms with Crippen LogP contribution in [0.1, 0.15) is 18.6 Å². The van der Waals surface area contributed by atoms with Crippen LogP contribution < -0.4 is 0 Å². The molecule has 0 aliphatic carbocycles. The maximum atomic E-state index is 10.6. The van der Waals surface area contributed by atoms with Gasteiger partial charge in [-0.25, -0.2) is 0 Å². The highest BCUT2D eigenvalue weighted by atomic mass is 35.5. The van der Waals surface area contributed by atoms with E-state index < -0.39 is 18.0 Å². The lowest BCUT2D eigenvalue weighted by Gasteiger charge is -2.14. The quantitative estimate of drug-likeness (QED) is 0.810. The minimum atomic E-state index is -1.02. The summed E-state index contributed by atoms with van der Waals surface area (Å²) < 4.78 is 0. The van der Waals surface area contributed by atoms with E-state index in [1.807, 2.05) is 0 Å². The summed E-state index contributed by atoms with van der Waals surface area (Å²) in [5.74, 6) is -1.84. The highest BCUT2D eigenvalue weighted by Crippen LogP contribution is 2.23. The van der Waals surface area contributed by atoms with Gasteiger partial charge in [-0.2, -0.15) is 0 Å². The van der Waals surface area contributed by atoms with E-state index in [0.717, 1.165) is 0 Å². The molecule has 14 heavy (non-hydrogen) atoms. The van der Waals surface area contributed by atoms with Crippen molar-refractivity contribution in [2.75, 3.05) is 0 Å². The first-order valence-electron chi connectivity index (χ1n) is 4.18. The molecule has 2 atom stereocenters. The van der Waals surface area contributed by atoms with E-state index in [1.165, 1.54) is 6.92 Å². The second kappa shape index (κ2) is 4.44. The van der Waals surface area contributed by atoms with Gasteiger partial charge >= 0.3 is 5.97 Å². The third-order valence-electron chi connectivity index (χ3n) is 2.07. The Morgan fingerprint density at radius 1 is 1.36 bits per heavy atom. The summed E-state index contributed by atoms with van der Waals surface area (Å²) in [5, 5.41) is 18.9. The lowest BCUT2D eigenvalue weighted by Crippen LogP contribution is -2.18. The Kier molecular flexibility index (Phi) is 3.49. The molecule has 1 aromatic rings. The molecule has 1 aromatic carbocycles. The zero-order chi connectivity index (χ0) is 10.7. The summed E-state index contributed by atoms with van der Waals surface area (Å²) in [4.78, 5) is 10.6. The fourth-order valence-electron chi connectivity index (χ4n) is 1.08. The van der Waals surface area contributed by atoms with Crippen LogP contribution in [-0.4, -0.2) is 16.2 Å². The Bertz CT molecular complexity index is 321. The average molecular weight is 215 g/mol. The van der Waals surface area contributed by atoms with Crippen molar-refractivity contribution in [2.24, 2.45) is 5.92 Å². The zero-order valence-electron chi connectivity index (χ0n) is 7.64. The molecule has 0 amide bonds. The van der Waals surface area contributed by atoms with Crippen molar-refractivity contribution in [1.29, 1.82) is 0 Å². The molecule has 0 saturated heterocycles. The van der Waals surface area contributed by atoms with E-state index in [2.05, 4.69) is 0 Å². The van der Waals surface area contributed by atoms with Gasteiger partial charge in [-0.15, -0.1) is 0 Å². The van der Waals surface area contributed by atoms with Crippen LogP contribution in [0.5, 0.6) is 0 Å². The number of hydrogen-bond donors (Lipinski definition) is 2. The number of aliphatic carboxylic acids is 1. The topological polar surface area (TPSA) is 57.5 Å². The van der Waals surface area contributed by atoms with Gasteiger partial charge in [0.25, 0.3) is 0 Å². The van der Waals surface area contributed by atoms with Crippen LogP contribution in [-0.2, 0) is 4.79 Å². The third kappa shape index (κ3) is 2.47. The fourth-order valence-corrected chi connectivity index (χ4v) is 1.21. The van der Waals surface area contributed by atoms with E-state index in [4.69, 9.17) is 16.7 Å². The van der Waals surface area contributed by atoms with Gasteiger partial charge in [0.05, 0.1) is 12.0 Å². The molecular formula is C10H11ClO3. The number of carbonyl (C=O) groups is 1. The Hall–Kier alpha value is -1.06. The van der Waals surface area contributed by atoms with Gasteiger partial charge in [0.15, 0.2) is 0 Å². The predicted octanol–water partition coefficient (Wildman–Crippen LogP) is 2.09. The first-order chi connectivity index (χ1) is 6.52.